The second kappa shape index (κ2) is 5.75. The highest BCUT2D eigenvalue weighted by atomic mass is 32.1. The van der Waals surface area contributed by atoms with Gasteiger partial charge in [0.05, 0.1) is 11.2 Å². The van der Waals surface area contributed by atoms with E-state index in [1.807, 2.05) is 5.51 Å². The number of nitrogens with zero attached hydrogens (tertiary/aromatic N) is 2. The lowest BCUT2D eigenvalue weighted by Crippen LogP contribution is -2.37. The first-order valence-corrected chi connectivity index (χ1v) is 7.02. The zero-order valence-electron chi connectivity index (χ0n) is 10.2. The number of rotatable bonds is 5. The van der Waals surface area contributed by atoms with Gasteiger partial charge < -0.3 is 5.32 Å². The zero-order valence-corrected chi connectivity index (χ0v) is 11.0. The van der Waals surface area contributed by atoms with Gasteiger partial charge in [0, 0.05) is 24.0 Å². The average molecular weight is 239 g/mol. The molecule has 1 unspecified atom stereocenters. The van der Waals surface area contributed by atoms with Gasteiger partial charge in [0.15, 0.2) is 0 Å². The minimum absolute atomic E-state index is 0.702. The molecule has 90 valence electrons. The Kier molecular flexibility index (Phi) is 4.32. The maximum Gasteiger partial charge on any atom is 0.0798 e. The van der Waals surface area contributed by atoms with Crippen molar-refractivity contribution in [2.45, 2.75) is 39.3 Å². The Morgan fingerprint density at radius 3 is 3.06 bits per heavy atom. The third-order valence-electron chi connectivity index (χ3n) is 3.30. The van der Waals surface area contributed by atoms with Crippen LogP contribution in [0.1, 0.15) is 30.3 Å². The van der Waals surface area contributed by atoms with Gasteiger partial charge in [0.25, 0.3) is 0 Å². The first kappa shape index (κ1) is 12.0. The summed E-state index contributed by atoms with van der Waals surface area (Å²) < 4.78 is 0. The fourth-order valence-electron chi connectivity index (χ4n) is 2.21. The minimum Gasteiger partial charge on any atom is -0.313 e. The second-order valence-corrected chi connectivity index (χ2v) is 5.42. The molecule has 2 rings (SSSR count). The Bertz CT molecular complexity index is 318. The molecule has 0 amide bonds. The van der Waals surface area contributed by atoms with Crippen molar-refractivity contribution in [2.75, 3.05) is 19.6 Å². The molecule has 1 aliphatic heterocycles. The molecule has 1 atom stereocenters. The number of thiazole rings is 1. The summed E-state index contributed by atoms with van der Waals surface area (Å²) in [6.45, 7) is 8.90. The lowest BCUT2D eigenvalue weighted by molar-refractivity contribution is 0.255. The maximum absolute atomic E-state index is 4.31. The lowest BCUT2D eigenvalue weighted by atomic mass is 10.2. The van der Waals surface area contributed by atoms with Crippen LogP contribution in [0.4, 0.5) is 0 Å². The Morgan fingerprint density at radius 2 is 2.50 bits per heavy atom. The first-order chi connectivity index (χ1) is 7.79. The van der Waals surface area contributed by atoms with Crippen molar-refractivity contribution in [2.24, 2.45) is 0 Å². The first-order valence-electron chi connectivity index (χ1n) is 6.14. The zero-order chi connectivity index (χ0) is 11.4. The summed E-state index contributed by atoms with van der Waals surface area (Å²) in [5, 5.41) is 3.56. The predicted octanol–water partition coefficient (Wildman–Crippen LogP) is 2.03. The molecule has 0 aromatic carbocycles. The minimum atomic E-state index is 0.702. The molecule has 1 aromatic heterocycles. The summed E-state index contributed by atoms with van der Waals surface area (Å²) in [4.78, 5) is 8.25. The van der Waals surface area contributed by atoms with Gasteiger partial charge in [-0.25, -0.2) is 4.98 Å². The van der Waals surface area contributed by atoms with E-state index in [9.17, 15) is 0 Å². The highest BCUT2D eigenvalue weighted by Gasteiger charge is 2.17. The Labute approximate surface area is 102 Å². The number of likely N-dealkylation sites (N-methyl/N-ethyl adjacent to an activating group) is 1. The molecular formula is C12H21N3S. The highest BCUT2D eigenvalue weighted by molar-refractivity contribution is 7.09. The molecule has 4 heteroatoms. The van der Waals surface area contributed by atoms with Gasteiger partial charge in [-0.1, -0.05) is 6.92 Å². The Balaban J connectivity index is 1.87. The van der Waals surface area contributed by atoms with Crippen LogP contribution in [0.2, 0.25) is 0 Å². The third-order valence-corrected chi connectivity index (χ3v) is 4.22. The van der Waals surface area contributed by atoms with E-state index in [1.165, 1.54) is 36.5 Å². The molecule has 0 bridgehead atoms. The van der Waals surface area contributed by atoms with Crippen LogP contribution in [-0.4, -0.2) is 35.6 Å². The van der Waals surface area contributed by atoms with Gasteiger partial charge in [-0.3, -0.25) is 4.90 Å². The molecule has 3 nitrogen and oxygen atoms in total. The summed E-state index contributed by atoms with van der Waals surface area (Å²) in [7, 11) is 0. The molecular weight excluding hydrogens is 218 g/mol. The van der Waals surface area contributed by atoms with Crippen molar-refractivity contribution in [1.82, 2.24) is 15.2 Å². The van der Waals surface area contributed by atoms with E-state index in [4.69, 9.17) is 0 Å². The number of aryl methyl sites for hydroxylation is 1. The standard InChI is InChI=1S/C12H21N3S/c1-3-15(7-11-5-4-6-13-11)8-12-10(2)14-9-16-12/h9,11,13H,3-8H2,1-2H3. The number of aromatic nitrogens is 1. The van der Waals surface area contributed by atoms with Crippen molar-refractivity contribution in [1.29, 1.82) is 0 Å². The van der Waals surface area contributed by atoms with Crippen LogP contribution >= 0.6 is 11.3 Å². The number of hydrogen-bond acceptors (Lipinski definition) is 4. The largest absolute Gasteiger partial charge is 0.313 e. The molecule has 2 heterocycles. The van der Waals surface area contributed by atoms with Crippen LogP contribution in [0.25, 0.3) is 0 Å². The van der Waals surface area contributed by atoms with E-state index < -0.39 is 0 Å². The Morgan fingerprint density at radius 1 is 1.62 bits per heavy atom. The average Bonchev–Trinajstić information content (AvgIpc) is 2.90. The van der Waals surface area contributed by atoms with Gasteiger partial charge in [0.2, 0.25) is 0 Å². The van der Waals surface area contributed by atoms with Crippen molar-refractivity contribution in [3.63, 3.8) is 0 Å². The smallest absolute Gasteiger partial charge is 0.0798 e. The van der Waals surface area contributed by atoms with Crippen LogP contribution in [0, 0.1) is 6.92 Å². The molecule has 0 spiro atoms. The van der Waals surface area contributed by atoms with Gasteiger partial charge in [-0.2, -0.15) is 0 Å². The summed E-state index contributed by atoms with van der Waals surface area (Å²) in [6.07, 6.45) is 2.67. The molecule has 1 aliphatic rings. The van der Waals surface area contributed by atoms with Crippen LogP contribution in [-0.2, 0) is 6.54 Å². The fourth-order valence-corrected chi connectivity index (χ4v) is 3.03. The lowest BCUT2D eigenvalue weighted by Gasteiger charge is -2.23. The SMILES string of the molecule is CCN(Cc1scnc1C)CC1CCCN1. The number of nitrogens with one attached hydrogen (secondary N) is 1. The van der Waals surface area contributed by atoms with E-state index in [0.29, 0.717) is 6.04 Å². The molecule has 0 aliphatic carbocycles. The van der Waals surface area contributed by atoms with Crippen molar-refractivity contribution >= 4 is 11.3 Å². The number of hydrogen-bond donors (Lipinski definition) is 1. The maximum atomic E-state index is 4.31. The molecule has 1 N–H and O–H groups in total. The summed E-state index contributed by atoms with van der Waals surface area (Å²) in [5.74, 6) is 0. The third kappa shape index (κ3) is 3.03. The fraction of sp³-hybridized carbons (Fsp3) is 0.750. The van der Waals surface area contributed by atoms with Crippen molar-refractivity contribution in [3.8, 4) is 0 Å². The quantitative estimate of drug-likeness (QED) is 0.852. The van der Waals surface area contributed by atoms with Gasteiger partial charge in [-0.15, -0.1) is 11.3 Å². The van der Waals surface area contributed by atoms with E-state index in [2.05, 4.69) is 29.0 Å². The van der Waals surface area contributed by atoms with Crippen LogP contribution in [0.5, 0.6) is 0 Å². The van der Waals surface area contributed by atoms with Crippen LogP contribution in [0.3, 0.4) is 0 Å². The van der Waals surface area contributed by atoms with E-state index in [-0.39, 0.29) is 0 Å². The molecule has 1 aromatic rings. The van der Waals surface area contributed by atoms with E-state index >= 15 is 0 Å². The second-order valence-electron chi connectivity index (χ2n) is 4.48. The molecule has 0 saturated carbocycles. The van der Waals surface area contributed by atoms with Crippen molar-refractivity contribution < 1.29 is 0 Å². The topological polar surface area (TPSA) is 28.2 Å². The van der Waals surface area contributed by atoms with Crippen molar-refractivity contribution in [3.05, 3.63) is 16.1 Å². The highest BCUT2D eigenvalue weighted by Crippen LogP contribution is 2.16. The van der Waals surface area contributed by atoms with E-state index in [0.717, 1.165) is 13.1 Å². The van der Waals surface area contributed by atoms with Gasteiger partial charge in [-0.05, 0) is 32.9 Å². The van der Waals surface area contributed by atoms with Gasteiger partial charge in [0.1, 0.15) is 0 Å². The van der Waals surface area contributed by atoms with Crippen LogP contribution in [0.15, 0.2) is 5.51 Å². The van der Waals surface area contributed by atoms with Crippen LogP contribution < -0.4 is 5.32 Å². The van der Waals surface area contributed by atoms with Gasteiger partial charge >= 0.3 is 0 Å². The monoisotopic (exact) mass is 239 g/mol. The molecule has 0 radical (unpaired) electrons. The predicted molar refractivity (Wildman–Crippen MR) is 68.8 cm³/mol. The Hall–Kier alpha value is -0.450. The molecule has 16 heavy (non-hydrogen) atoms. The summed E-state index contributed by atoms with van der Waals surface area (Å²) in [6, 6.07) is 0.702. The normalized spacial score (nSPS) is 20.8. The van der Waals surface area contributed by atoms with E-state index in [1.54, 1.807) is 11.3 Å². The molecule has 1 fully saturated rings. The summed E-state index contributed by atoms with van der Waals surface area (Å²) in [5.41, 5.74) is 3.15. The summed E-state index contributed by atoms with van der Waals surface area (Å²) >= 11 is 1.78. The molecule has 1 saturated heterocycles.